The summed E-state index contributed by atoms with van der Waals surface area (Å²) in [5.74, 6) is -1.27. The van der Waals surface area contributed by atoms with Gasteiger partial charge in [-0.05, 0) is 53.9 Å². The second-order valence-electron chi connectivity index (χ2n) is 13.3. The van der Waals surface area contributed by atoms with Crippen LogP contribution in [-0.2, 0) is 35.1 Å². The number of para-hydroxylation sites is 1. The number of rotatable bonds is 15. The molecule has 0 saturated heterocycles. The summed E-state index contributed by atoms with van der Waals surface area (Å²) in [7, 11) is -10.9. The molecule has 0 spiro atoms. The first-order valence-electron chi connectivity index (χ1n) is 18.1. The number of phenolic OH excluding ortho intramolecular Hbond substituents is 2. The van der Waals surface area contributed by atoms with E-state index in [0.717, 1.165) is 41.2 Å². The van der Waals surface area contributed by atoms with Gasteiger partial charge in [0.05, 0.1) is 21.3 Å². The third-order valence-corrected chi connectivity index (χ3v) is 11.8. The lowest BCUT2D eigenvalue weighted by Gasteiger charge is -2.11. The number of nitrogens with zero attached hydrogens (tertiary/aromatic N) is 9. The number of amides is 1. The molecule has 7 rings (SSSR count). The van der Waals surface area contributed by atoms with Gasteiger partial charge in [-0.3, -0.25) is 18.5 Å². The van der Waals surface area contributed by atoms with Crippen LogP contribution in [0.15, 0.2) is 130 Å². The van der Waals surface area contributed by atoms with E-state index in [4.69, 9.17) is 14.2 Å². The maximum absolute atomic E-state index is 12.5. The van der Waals surface area contributed by atoms with Crippen LogP contribution < -0.4 is 19.5 Å². The predicted molar refractivity (Wildman–Crippen MR) is 230 cm³/mol. The summed E-state index contributed by atoms with van der Waals surface area (Å²) in [4.78, 5) is 9.62. The summed E-state index contributed by atoms with van der Waals surface area (Å²) in [6.45, 7) is 0. The fourth-order valence-electron chi connectivity index (χ4n) is 6.18. The van der Waals surface area contributed by atoms with Crippen molar-refractivity contribution in [3.05, 3.63) is 84.9 Å². The molecule has 1 heterocycles. The minimum absolute atomic E-state index is 0.000552. The van der Waals surface area contributed by atoms with Gasteiger partial charge in [0, 0.05) is 35.3 Å². The SMILES string of the molecule is COc1cc(N=Nc2c(S(=O)(=O)O)cc3cc(NC=O)ccc3c2O)c(O)cc1N=Nc1cc(OC)c(N=Nc2cc3nn(-c4ccccc4S(=O)(=O)O)nc3cc2S(=O)(=O)O)cc1OC. The standard InChI is InChI=1S/C38H30N10O15S3/c1-61-31-14-24(40-45-37-36(66(58,59)60)11-19-10-20(39-18-49)8-9-21(19)38(37)51)30(50)13-25(31)41-42-26-15-33(63-3)27(16-32(26)62-2)43-44-28-12-22-23(17-35(28)65(55,56)57)47-48(46-22)29-6-4-5-7-34(29)64(52,53)54/h4-18,50-51H,1-3H3,(H,39,49)(H,52,53,54)(H,55,56,57)(H,58,59,60). The quantitative estimate of drug-likeness (QED) is 0.0328. The number of methoxy groups -OCH3 is 3. The van der Waals surface area contributed by atoms with Crippen LogP contribution in [0.3, 0.4) is 0 Å². The number of carbonyl (C=O) groups is 1. The minimum Gasteiger partial charge on any atom is -0.506 e. The first kappa shape index (κ1) is 46.0. The maximum atomic E-state index is 12.5. The molecule has 28 heteroatoms. The van der Waals surface area contributed by atoms with Crippen molar-refractivity contribution in [2.24, 2.45) is 30.7 Å². The first-order valence-corrected chi connectivity index (χ1v) is 22.4. The highest BCUT2D eigenvalue weighted by atomic mass is 32.2. The molecule has 7 aromatic rings. The second-order valence-corrected chi connectivity index (χ2v) is 17.4. The number of carbonyl (C=O) groups excluding carboxylic acids is 1. The van der Waals surface area contributed by atoms with Crippen LogP contribution in [0.4, 0.5) is 39.8 Å². The monoisotopic (exact) mass is 962 g/mol. The minimum atomic E-state index is -5.00. The van der Waals surface area contributed by atoms with E-state index in [2.05, 4.69) is 46.2 Å². The molecule has 0 bridgehead atoms. The van der Waals surface area contributed by atoms with Crippen LogP contribution in [0.1, 0.15) is 0 Å². The summed E-state index contributed by atoms with van der Waals surface area (Å²) in [5, 5.41) is 56.9. The van der Waals surface area contributed by atoms with Gasteiger partial charge >= 0.3 is 0 Å². The van der Waals surface area contributed by atoms with Crippen molar-refractivity contribution in [1.82, 2.24) is 15.0 Å². The van der Waals surface area contributed by atoms with E-state index in [0.29, 0.717) is 6.41 Å². The molecule has 0 saturated carbocycles. The maximum Gasteiger partial charge on any atom is 0.296 e. The lowest BCUT2D eigenvalue weighted by atomic mass is 10.1. The molecule has 0 fully saturated rings. The van der Waals surface area contributed by atoms with Gasteiger partial charge in [-0.25, -0.2) is 0 Å². The Morgan fingerprint density at radius 1 is 0.576 bits per heavy atom. The van der Waals surface area contributed by atoms with E-state index in [-0.39, 0.29) is 73.2 Å². The average Bonchev–Trinajstić information content (AvgIpc) is 3.69. The number of ether oxygens (including phenoxy) is 3. The van der Waals surface area contributed by atoms with Crippen molar-refractivity contribution in [3.63, 3.8) is 0 Å². The highest BCUT2D eigenvalue weighted by Gasteiger charge is 2.25. The van der Waals surface area contributed by atoms with Crippen molar-refractivity contribution < 1.29 is 68.1 Å². The van der Waals surface area contributed by atoms with Gasteiger partial charge < -0.3 is 29.7 Å². The van der Waals surface area contributed by atoms with E-state index < -0.39 is 67.9 Å². The summed E-state index contributed by atoms with van der Waals surface area (Å²) in [5.41, 5.74) is -1.49. The van der Waals surface area contributed by atoms with Crippen LogP contribution in [0.5, 0.6) is 28.7 Å². The summed E-state index contributed by atoms with van der Waals surface area (Å²) < 4.78 is 120. The molecule has 0 atom stereocenters. The van der Waals surface area contributed by atoms with Crippen LogP contribution in [-0.4, -0.2) is 91.9 Å². The highest BCUT2D eigenvalue weighted by molar-refractivity contribution is 7.86. The third-order valence-electron chi connectivity index (χ3n) is 9.20. The van der Waals surface area contributed by atoms with Crippen molar-refractivity contribution in [3.8, 4) is 34.4 Å². The van der Waals surface area contributed by atoms with Crippen molar-refractivity contribution in [2.45, 2.75) is 14.7 Å². The normalized spacial score (nSPS) is 12.5. The number of anilines is 1. The Balaban J connectivity index is 1.20. The van der Waals surface area contributed by atoms with Crippen molar-refractivity contribution >= 4 is 98.4 Å². The molecular formula is C38H30N10O15S3. The number of benzene rings is 6. The number of nitrogens with one attached hydrogen (secondary N) is 1. The van der Waals surface area contributed by atoms with E-state index in [1.165, 1.54) is 69.9 Å². The van der Waals surface area contributed by atoms with Crippen molar-refractivity contribution in [2.75, 3.05) is 26.6 Å². The van der Waals surface area contributed by atoms with Gasteiger partial charge in [0.15, 0.2) is 5.75 Å². The fourth-order valence-corrected chi connectivity index (χ4v) is 8.13. The largest absolute Gasteiger partial charge is 0.506 e. The molecule has 0 unspecified atom stereocenters. The molecular weight excluding hydrogens is 933 g/mol. The number of phenols is 2. The smallest absolute Gasteiger partial charge is 0.296 e. The Morgan fingerprint density at radius 2 is 1.09 bits per heavy atom. The van der Waals surface area contributed by atoms with Gasteiger partial charge in [-0.2, -0.15) is 25.3 Å². The average molecular weight is 963 g/mol. The van der Waals surface area contributed by atoms with Gasteiger partial charge in [0.1, 0.15) is 88.5 Å². The molecule has 0 aliphatic heterocycles. The predicted octanol–water partition coefficient (Wildman–Crippen LogP) is 7.57. The van der Waals surface area contributed by atoms with E-state index in [1.807, 2.05) is 0 Å². The molecule has 1 amide bonds. The Bertz CT molecular complexity index is 3560. The number of hydrogen-bond acceptors (Lipinski definition) is 20. The molecule has 1 aromatic heterocycles. The second kappa shape index (κ2) is 17.9. The number of fused-ring (bicyclic) bond motifs is 2. The zero-order chi connectivity index (χ0) is 47.7. The highest BCUT2D eigenvalue weighted by Crippen LogP contribution is 2.46. The van der Waals surface area contributed by atoms with Gasteiger partial charge in [-0.1, -0.05) is 12.1 Å². The number of hydrogen-bond donors (Lipinski definition) is 6. The van der Waals surface area contributed by atoms with E-state index in [9.17, 15) is 53.9 Å². The van der Waals surface area contributed by atoms with Gasteiger partial charge in [-0.15, -0.1) is 45.7 Å². The molecule has 0 aliphatic carbocycles. The van der Waals surface area contributed by atoms with Crippen molar-refractivity contribution in [1.29, 1.82) is 0 Å². The van der Waals surface area contributed by atoms with Crippen LogP contribution in [0.2, 0.25) is 0 Å². The molecule has 25 nitrogen and oxygen atoms in total. The Kier molecular flexibility index (Phi) is 12.4. The number of azo groups is 3. The zero-order valence-electron chi connectivity index (χ0n) is 33.7. The van der Waals surface area contributed by atoms with Gasteiger partial charge in [0.2, 0.25) is 6.41 Å². The number of aromatic hydroxyl groups is 2. The molecule has 6 N–H and O–H groups in total. The summed E-state index contributed by atoms with van der Waals surface area (Å²) in [6, 6.07) is 17.3. The molecule has 340 valence electrons. The summed E-state index contributed by atoms with van der Waals surface area (Å²) in [6.07, 6.45) is 0.391. The third kappa shape index (κ3) is 9.43. The van der Waals surface area contributed by atoms with Crippen LogP contribution in [0.25, 0.3) is 27.5 Å². The first-order chi connectivity index (χ1) is 31.2. The Morgan fingerprint density at radius 3 is 1.65 bits per heavy atom. The number of aromatic nitrogens is 3. The van der Waals surface area contributed by atoms with E-state index >= 15 is 0 Å². The molecule has 66 heavy (non-hydrogen) atoms. The Hall–Kier alpha value is -8.02. The molecule has 0 aliphatic rings. The molecule has 0 radical (unpaired) electrons. The van der Waals surface area contributed by atoms with E-state index in [1.54, 1.807) is 0 Å². The Labute approximate surface area is 371 Å². The zero-order valence-corrected chi connectivity index (χ0v) is 36.2. The van der Waals surface area contributed by atoms with Gasteiger partial charge in [0.25, 0.3) is 30.4 Å². The summed E-state index contributed by atoms with van der Waals surface area (Å²) >= 11 is 0. The molecule has 6 aromatic carbocycles. The fraction of sp³-hybridized carbons (Fsp3) is 0.0789. The lowest BCUT2D eigenvalue weighted by Crippen LogP contribution is -2.07. The van der Waals surface area contributed by atoms with Crippen LogP contribution >= 0.6 is 0 Å². The van der Waals surface area contributed by atoms with Crippen LogP contribution in [0, 0.1) is 0 Å². The topological polar surface area (TPSA) is 365 Å². The lowest BCUT2D eigenvalue weighted by molar-refractivity contribution is -0.105.